The Kier molecular flexibility index (Phi) is 4.71. The number of hydrogen-bond donors (Lipinski definition) is 2. The number of primary amides is 1. The van der Waals surface area contributed by atoms with Gasteiger partial charge in [0.15, 0.2) is 0 Å². The average molecular weight is 326 g/mol. The number of rotatable bonds is 6. The smallest absolute Gasteiger partial charge is 0.240 e. The Labute approximate surface area is 141 Å². The lowest BCUT2D eigenvalue weighted by Gasteiger charge is -2.28. The number of nitrogens with zero attached hydrogens (tertiary/aromatic N) is 1. The predicted molar refractivity (Wildman–Crippen MR) is 93.2 cm³/mol. The van der Waals surface area contributed by atoms with Gasteiger partial charge >= 0.3 is 0 Å². The van der Waals surface area contributed by atoms with Crippen molar-refractivity contribution in [3.8, 4) is 5.75 Å². The highest BCUT2D eigenvalue weighted by Crippen LogP contribution is 2.32. The number of aliphatic hydroxyl groups is 1. The molecule has 3 rings (SSSR count). The summed E-state index contributed by atoms with van der Waals surface area (Å²) in [4.78, 5) is 13.6. The highest BCUT2D eigenvalue weighted by atomic mass is 16.5. The van der Waals surface area contributed by atoms with Crippen molar-refractivity contribution < 1.29 is 14.6 Å². The summed E-state index contributed by atoms with van der Waals surface area (Å²) in [5.41, 5.74) is 8.59. The van der Waals surface area contributed by atoms with Crippen LogP contribution in [-0.4, -0.2) is 36.3 Å². The van der Waals surface area contributed by atoms with Crippen molar-refractivity contribution in [1.82, 2.24) is 0 Å². The van der Waals surface area contributed by atoms with Gasteiger partial charge in [-0.1, -0.05) is 36.4 Å². The first kappa shape index (κ1) is 16.3. The lowest BCUT2D eigenvalue weighted by atomic mass is 10.1. The maximum atomic E-state index is 11.8. The Bertz CT molecular complexity index is 732. The molecule has 2 atom stereocenters. The minimum atomic E-state index is -0.724. The number of aryl methyl sites for hydroxylation is 1. The van der Waals surface area contributed by atoms with Crippen LogP contribution in [0.15, 0.2) is 48.5 Å². The van der Waals surface area contributed by atoms with Gasteiger partial charge in [-0.25, -0.2) is 0 Å². The minimum Gasteiger partial charge on any atom is -0.491 e. The molecule has 0 aliphatic carbocycles. The molecule has 126 valence electrons. The number of carbonyl (C=O) groups is 1. The van der Waals surface area contributed by atoms with Crippen molar-refractivity contribution in [2.45, 2.75) is 25.5 Å². The van der Waals surface area contributed by atoms with Crippen LogP contribution in [0.1, 0.15) is 11.1 Å². The van der Waals surface area contributed by atoms with Gasteiger partial charge in [0.1, 0.15) is 24.5 Å². The molecular weight excluding hydrogens is 304 g/mol. The third-order valence-electron chi connectivity index (χ3n) is 4.35. The van der Waals surface area contributed by atoms with E-state index in [2.05, 4.69) is 0 Å². The van der Waals surface area contributed by atoms with Crippen LogP contribution in [-0.2, 0) is 11.2 Å². The lowest BCUT2D eigenvalue weighted by molar-refractivity contribution is -0.119. The summed E-state index contributed by atoms with van der Waals surface area (Å²) in [5.74, 6) is 0.378. The summed E-state index contributed by atoms with van der Waals surface area (Å²) >= 11 is 0. The molecule has 1 aliphatic rings. The molecule has 1 amide bonds. The van der Waals surface area contributed by atoms with Crippen LogP contribution in [0.25, 0.3) is 0 Å². The van der Waals surface area contributed by atoms with E-state index in [0.29, 0.717) is 13.0 Å². The summed E-state index contributed by atoms with van der Waals surface area (Å²) in [6, 6.07) is 15.1. The van der Waals surface area contributed by atoms with Crippen molar-refractivity contribution in [3.63, 3.8) is 0 Å². The monoisotopic (exact) mass is 326 g/mol. The number of β-amino-alcohol motifs (C(OH)–C–C–N with tert-alkyl or cyclic N) is 1. The first-order valence-corrected chi connectivity index (χ1v) is 8.06. The van der Waals surface area contributed by atoms with Gasteiger partial charge in [-0.2, -0.15) is 0 Å². The van der Waals surface area contributed by atoms with E-state index in [1.165, 1.54) is 0 Å². The molecule has 24 heavy (non-hydrogen) atoms. The molecule has 1 unspecified atom stereocenters. The van der Waals surface area contributed by atoms with E-state index in [1.807, 2.05) is 60.4 Å². The Hall–Kier alpha value is -2.53. The second kappa shape index (κ2) is 6.93. The molecule has 1 heterocycles. The van der Waals surface area contributed by atoms with Gasteiger partial charge in [0.25, 0.3) is 0 Å². The maximum absolute atomic E-state index is 11.8. The van der Waals surface area contributed by atoms with Crippen molar-refractivity contribution in [2.75, 3.05) is 18.1 Å². The maximum Gasteiger partial charge on any atom is 0.240 e. The average Bonchev–Trinajstić information content (AvgIpc) is 2.93. The zero-order valence-electron chi connectivity index (χ0n) is 13.7. The first-order valence-electron chi connectivity index (χ1n) is 8.06. The van der Waals surface area contributed by atoms with Crippen molar-refractivity contribution >= 4 is 11.6 Å². The first-order chi connectivity index (χ1) is 11.6. The number of anilines is 1. The standard InChI is InChI=1S/C19H22N2O3/c1-13-6-2-5-9-18(13)24-12-15(22)11-21-16-8-4-3-7-14(16)10-17(21)19(20)23/h2-9,15,17,22H,10-12H2,1H3,(H2,20,23)/t15?,17-/m0/s1. The highest BCUT2D eigenvalue weighted by molar-refractivity contribution is 5.86. The Morgan fingerprint density at radius 3 is 2.75 bits per heavy atom. The van der Waals surface area contributed by atoms with E-state index >= 15 is 0 Å². The number of hydrogen-bond acceptors (Lipinski definition) is 4. The molecule has 0 fully saturated rings. The number of benzene rings is 2. The topological polar surface area (TPSA) is 75.8 Å². The Balaban J connectivity index is 1.67. The number of fused-ring (bicyclic) bond motifs is 1. The fraction of sp³-hybridized carbons (Fsp3) is 0.316. The van der Waals surface area contributed by atoms with Gasteiger partial charge in [-0.05, 0) is 30.2 Å². The Morgan fingerprint density at radius 2 is 2.00 bits per heavy atom. The fourth-order valence-electron chi connectivity index (χ4n) is 3.11. The second-order valence-electron chi connectivity index (χ2n) is 6.13. The summed E-state index contributed by atoms with van der Waals surface area (Å²) < 4.78 is 5.70. The zero-order valence-corrected chi connectivity index (χ0v) is 13.7. The van der Waals surface area contributed by atoms with Gasteiger partial charge in [0.05, 0.1) is 0 Å². The van der Waals surface area contributed by atoms with E-state index in [1.54, 1.807) is 0 Å². The number of carbonyl (C=O) groups excluding carboxylic acids is 1. The molecule has 0 radical (unpaired) electrons. The van der Waals surface area contributed by atoms with E-state index < -0.39 is 12.1 Å². The van der Waals surface area contributed by atoms with Crippen LogP contribution in [0.4, 0.5) is 5.69 Å². The van der Waals surface area contributed by atoms with Gasteiger partial charge in [-0.3, -0.25) is 4.79 Å². The molecule has 3 N–H and O–H groups in total. The van der Waals surface area contributed by atoms with Crippen LogP contribution < -0.4 is 15.4 Å². The quantitative estimate of drug-likeness (QED) is 0.846. The van der Waals surface area contributed by atoms with Crippen molar-refractivity contribution in [2.24, 2.45) is 5.73 Å². The van der Waals surface area contributed by atoms with Gasteiger partial charge < -0.3 is 20.5 Å². The summed E-state index contributed by atoms with van der Waals surface area (Å²) in [5, 5.41) is 10.4. The predicted octanol–water partition coefficient (Wildman–Crippen LogP) is 1.65. The Morgan fingerprint density at radius 1 is 1.29 bits per heavy atom. The number of amides is 1. The van der Waals surface area contributed by atoms with Crippen molar-refractivity contribution in [3.05, 3.63) is 59.7 Å². The fourth-order valence-corrected chi connectivity index (χ4v) is 3.11. The molecule has 0 saturated heterocycles. The molecule has 5 nitrogen and oxygen atoms in total. The number of aliphatic hydroxyl groups excluding tert-OH is 1. The molecule has 5 heteroatoms. The van der Waals surface area contributed by atoms with E-state index in [9.17, 15) is 9.90 Å². The van der Waals surface area contributed by atoms with Crippen molar-refractivity contribution in [1.29, 1.82) is 0 Å². The second-order valence-corrected chi connectivity index (χ2v) is 6.13. The highest BCUT2D eigenvalue weighted by Gasteiger charge is 2.33. The van der Waals surface area contributed by atoms with Crippen LogP contribution in [0.5, 0.6) is 5.75 Å². The molecule has 0 saturated carbocycles. The number of nitrogens with two attached hydrogens (primary N) is 1. The SMILES string of the molecule is Cc1ccccc1OCC(O)CN1c2ccccc2C[C@H]1C(N)=O. The van der Waals surface area contributed by atoms with Crippen LogP contribution in [0.3, 0.4) is 0 Å². The van der Waals surface area contributed by atoms with Gasteiger partial charge in [-0.15, -0.1) is 0 Å². The molecule has 0 bridgehead atoms. The molecule has 2 aromatic carbocycles. The van der Waals surface area contributed by atoms with E-state index in [4.69, 9.17) is 10.5 Å². The summed E-state index contributed by atoms with van der Waals surface area (Å²) in [7, 11) is 0. The lowest BCUT2D eigenvalue weighted by Crippen LogP contribution is -2.47. The molecule has 0 spiro atoms. The molecule has 1 aliphatic heterocycles. The largest absolute Gasteiger partial charge is 0.491 e. The van der Waals surface area contributed by atoms with E-state index in [-0.39, 0.29) is 12.5 Å². The van der Waals surface area contributed by atoms with Crippen LogP contribution in [0.2, 0.25) is 0 Å². The van der Waals surface area contributed by atoms with Gasteiger partial charge in [0.2, 0.25) is 5.91 Å². The zero-order chi connectivity index (χ0) is 17.1. The third kappa shape index (κ3) is 3.36. The van der Waals surface area contributed by atoms with Crippen LogP contribution in [0, 0.1) is 6.92 Å². The molecular formula is C19H22N2O3. The summed E-state index contributed by atoms with van der Waals surface area (Å²) in [6.07, 6.45) is -0.144. The molecule has 0 aromatic heterocycles. The third-order valence-corrected chi connectivity index (χ3v) is 4.35. The van der Waals surface area contributed by atoms with Crippen LogP contribution >= 0.6 is 0 Å². The normalized spacial score (nSPS) is 17.4. The van der Waals surface area contributed by atoms with Gasteiger partial charge in [0, 0.05) is 18.7 Å². The molecule has 2 aromatic rings. The summed E-state index contributed by atoms with van der Waals surface area (Å²) in [6.45, 7) is 2.42. The van der Waals surface area contributed by atoms with E-state index in [0.717, 1.165) is 22.6 Å². The number of para-hydroxylation sites is 2. The number of ether oxygens (including phenoxy) is 1. The minimum absolute atomic E-state index is 0.162.